The van der Waals surface area contributed by atoms with Crippen LogP contribution in [0, 0.1) is 0 Å². The van der Waals surface area contributed by atoms with Crippen LogP contribution in [0.5, 0.6) is 0 Å². The minimum atomic E-state index is -4.45. The number of aliphatic carboxylic acids is 1. The third-order valence-electron chi connectivity index (χ3n) is 4.55. The third-order valence-corrected chi connectivity index (χ3v) is 4.55. The van der Waals surface area contributed by atoms with Crippen LogP contribution in [0.2, 0.25) is 0 Å². The molecule has 0 aliphatic carbocycles. The van der Waals surface area contributed by atoms with Crippen molar-refractivity contribution in [2.24, 2.45) is 0 Å². The predicted octanol–water partition coefficient (Wildman–Crippen LogP) is 4.29. The van der Waals surface area contributed by atoms with Crippen LogP contribution >= 0.6 is 0 Å². The lowest BCUT2D eigenvalue weighted by Crippen LogP contribution is -2.46. The summed E-state index contributed by atoms with van der Waals surface area (Å²) in [6, 6.07) is 9.91. The normalized spacial score (nSPS) is 14.2. The Morgan fingerprint density at radius 1 is 1.14 bits per heavy atom. The first kappa shape index (κ1) is 19.7. The van der Waals surface area contributed by atoms with Gasteiger partial charge in [-0.1, -0.05) is 19.4 Å². The Hall–Kier alpha value is -3.03. The molecule has 1 aliphatic rings. The lowest BCUT2D eigenvalue weighted by Gasteiger charge is -2.37. The van der Waals surface area contributed by atoms with E-state index in [1.807, 2.05) is 19.1 Å². The molecule has 2 aromatic carbocycles. The number of aryl methyl sites for hydroxylation is 1. The maximum atomic E-state index is 12.9. The van der Waals surface area contributed by atoms with Gasteiger partial charge < -0.3 is 14.9 Å². The molecular formula is C20H19F3N2O3. The fourth-order valence-corrected chi connectivity index (χ4v) is 3.24. The molecule has 5 nitrogen and oxygen atoms in total. The molecule has 1 N–H and O–H groups in total. The van der Waals surface area contributed by atoms with E-state index >= 15 is 0 Å². The van der Waals surface area contributed by atoms with Crippen molar-refractivity contribution in [3.05, 3.63) is 59.2 Å². The Balaban J connectivity index is 2.05. The number of hydrogen-bond donors (Lipinski definition) is 1. The number of rotatable bonds is 5. The van der Waals surface area contributed by atoms with Crippen molar-refractivity contribution in [2.45, 2.75) is 25.9 Å². The number of amides is 1. The van der Waals surface area contributed by atoms with Gasteiger partial charge in [0.2, 0.25) is 0 Å². The molecule has 0 aromatic heterocycles. The summed E-state index contributed by atoms with van der Waals surface area (Å²) in [5.41, 5.74) is 1.57. The van der Waals surface area contributed by atoms with Gasteiger partial charge in [-0.2, -0.15) is 13.2 Å². The largest absolute Gasteiger partial charge is 0.480 e. The van der Waals surface area contributed by atoms with Gasteiger partial charge in [0.15, 0.2) is 0 Å². The Bertz CT molecular complexity index is 895. The Morgan fingerprint density at radius 2 is 1.82 bits per heavy atom. The molecule has 0 fully saturated rings. The van der Waals surface area contributed by atoms with E-state index in [1.54, 1.807) is 11.0 Å². The summed E-state index contributed by atoms with van der Waals surface area (Å²) in [5.74, 6) is -1.57. The molecule has 0 saturated carbocycles. The number of carboxylic acids is 1. The van der Waals surface area contributed by atoms with E-state index in [0.29, 0.717) is 16.9 Å². The molecule has 1 heterocycles. The highest BCUT2D eigenvalue weighted by atomic mass is 19.4. The van der Waals surface area contributed by atoms with E-state index in [2.05, 4.69) is 0 Å². The smallest absolute Gasteiger partial charge is 0.416 e. The minimum absolute atomic E-state index is 0.0565. The van der Waals surface area contributed by atoms with Gasteiger partial charge in [-0.15, -0.1) is 0 Å². The number of alkyl halides is 3. The van der Waals surface area contributed by atoms with E-state index in [-0.39, 0.29) is 6.67 Å². The quantitative estimate of drug-likeness (QED) is 0.825. The molecule has 1 aliphatic heterocycles. The minimum Gasteiger partial charge on any atom is -0.480 e. The maximum Gasteiger partial charge on any atom is 0.416 e. The van der Waals surface area contributed by atoms with Crippen LogP contribution in [0.15, 0.2) is 42.5 Å². The van der Waals surface area contributed by atoms with Crippen LogP contribution in [-0.2, 0) is 17.4 Å². The van der Waals surface area contributed by atoms with Crippen molar-refractivity contribution in [1.82, 2.24) is 4.90 Å². The van der Waals surface area contributed by atoms with E-state index in [9.17, 15) is 22.8 Å². The molecule has 0 unspecified atom stereocenters. The molecule has 1 amide bonds. The monoisotopic (exact) mass is 392 g/mol. The second-order valence-electron chi connectivity index (χ2n) is 6.61. The number of benzene rings is 2. The lowest BCUT2D eigenvalue weighted by atomic mass is 10.0. The number of carboxylic acid groups (broad SMARTS) is 1. The van der Waals surface area contributed by atoms with Gasteiger partial charge in [-0.25, -0.2) is 0 Å². The zero-order valence-corrected chi connectivity index (χ0v) is 15.2. The number of anilines is 2. The van der Waals surface area contributed by atoms with Gasteiger partial charge in [-0.3, -0.25) is 9.59 Å². The van der Waals surface area contributed by atoms with Gasteiger partial charge in [0, 0.05) is 5.69 Å². The number of halogens is 3. The molecule has 8 heteroatoms. The van der Waals surface area contributed by atoms with Crippen molar-refractivity contribution in [3.63, 3.8) is 0 Å². The second kappa shape index (κ2) is 7.53. The Morgan fingerprint density at radius 3 is 2.39 bits per heavy atom. The third kappa shape index (κ3) is 3.95. The van der Waals surface area contributed by atoms with E-state index < -0.39 is 30.2 Å². The van der Waals surface area contributed by atoms with Gasteiger partial charge in [0.05, 0.1) is 23.5 Å². The zero-order valence-electron chi connectivity index (χ0n) is 15.2. The highest BCUT2D eigenvalue weighted by molar-refractivity contribution is 6.03. The summed E-state index contributed by atoms with van der Waals surface area (Å²) in [7, 11) is 0. The number of hydrogen-bond acceptors (Lipinski definition) is 3. The molecule has 0 spiro atoms. The molecule has 28 heavy (non-hydrogen) atoms. The Labute approximate surface area is 160 Å². The topological polar surface area (TPSA) is 60.9 Å². The molecular weight excluding hydrogens is 373 g/mol. The fourth-order valence-electron chi connectivity index (χ4n) is 3.24. The summed E-state index contributed by atoms with van der Waals surface area (Å²) in [4.78, 5) is 26.6. The summed E-state index contributed by atoms with van der Waals surface area (Å²) < 4.78 is 38.6. The van der Waals surface area contributed by atoms with E-state index in [1.165, 1.54) is 12.1 Å². The zero-order chi connectivity index (χ0) is 20.5. The van der Waals surface area contributed by atoms with Crippen molar-refractivity contribution in [2.75, 3.05) is 18.1 Å². The predicted molar refractivity (Wildman–Crippen MR) is 97.6 cm³/mol. The van der Waals surface area contributed by atoms with Crippen LogP contribution in [0.1, 0.15) is 34.8 Å². The first-order valence-electron chi connectivity index (χ1n) is 8.79. The first-order valence-corrected chi connectivity index (χ1v) is 8.79. The van der Waals surface area contributed by atoms with E-state index in [4.69, 9.17) is 5.11 Å². The van der Waals surface area contributed by atoms with Crippen LogP contribution < -0.4 is 4.90 Å². The number of carbonyl (C=O) groups is 2. The summed E-state index contributed by atoms with van der Waals surface area (Å²) in [5, 5.41) is 9.09. The van der Waals surface area contributed by atoms with Crippen LogP contribution in [-0.4, -0.2) is 35.1 Å². The van der Waals surface area contributed by atoms with Crippen molar-refractivity contribution in [1.29, 1.82) is 0 Å². The van der Waals surface area contributed by atoms with Crippen LogP contribution in [0.3, 0.4) is 0 Å². The molecule has 3 rings (SSSR count). The van der Waals surface area contributed by atoms with Gasteiger partial charge in [0.25, 0.3) is 5.91 Å². The van der Waals surface area contributed by atoms with Crippen LogP contribution in [0.4, 0.5) is 24.5 Å². The van der Waals surface area contributed by atoms with E-state index in [0.717, 1.165) is 35.4 Å². The van der Waals surface area contributed by atoms with Gasteiger partial charge in [-0.05, 0) is 48.4 Å². The fraction of sp³-hybridized carbons (Fsp3) is 0.300. The number of fused-ring (bicyclic) bond motifs is 1. The number of nitrogens with zero attached hydrogens (tertiary/aromatic N) is 2. The van der Waals surface area contributed by atoms with Crippen LogP contribution in [0.25, 0.3) is 0 Å². The molecule has 2 aromatic rings. The first-order chi connectivity index (χ1) is 13.2. The van der Waals surface area contributed by atoms with Crippen molar-refractivity contribution >= 4 is 23.3 Å². The Kier molecular flexibility index (Phi) is 5.31. The van der Waals surface area contributed by atoms with Gasteiger partial charge >= 0.3 is 12.1 Å². The van der Waals surface area contributed by atoms with Crippen molar-refractivity contribution in [3.8, 4) is 0 Å². The molecule has 0 bridgehead atoms. The lowest BCUT2D eigenvalue weighted by molar-refractivity contribution is -0.138. The highest BCUT2D eigenvalue weighted by Gasteiger charge is 2.33. The number of carbonyl (C=O) groups excluding carboxylic acids is 1. The summed E-state index contributed by atoms with van der Waals surface area (Å²) in [6.07, 6.45) is -2.75. The standard InChI is InChI=1S/C20H19F3N2O3/c1-2-3-13-4-9-16-17(10-13)25(12-24(19(16)28)11-18(26)27)15-7-5-14(6-8-15)20(21,22)23/h4-10H,2-3,11-12H2,1H3,(H,26,27). The molecule has 0 radical (unpaired) electrons. The maximum absolute atomic E-state index is 12.9. The summed E-state index contributed by atoms with van der Waals surface area (Å²) >= 11 is 0. The molecule has 148 valence electrons. The molecule has 0 saturated heterocycles. The second-order valence-corrected chi connectivity index (χ2v) is 6.61. The SMILES string of the molecule is CCCc1ccc2c(c1)N(c1ccc(C(F)(F)F)cc1)CN(CC(=O)O)C2=O. The van der Waals surface area contributed by atoms with Crippen molar-refractivity contribution < 1.29 is 27.9 Å². The summed E-state index contributed by atoms with van der Waals surface area (Å²) in [6.45, 7) is 1.47. The average molecular weight is 392 g/mol. The average Bonchev–Trinajstić information content (AvgIpc) is 2.63. The highest BCUT2D eigenvalue weighted by Crippen LogP contribution is 2.36. The molecule has 0 atom stereocenters. The van der Waals surface area contributed by atoms with Gasteiger partial charge in [0.1, 0.15) is 6.54 Å².